The van der Waals surface area contributed by atoms with Crippen LogP contribution in [0.1, 0.15) is 24.4 Å². The van der Waals surface area contributed by atoms with E-state index in [2.05, 4.69) is 4.98 Å². The lowest BCUT2D eigenvalue weighted by Crippen LogP contribution is -2.10. The van der Waals surface area contributed by atoms with Gasteiger partial charge in [-0.2, -0.15) is 0 Å². The van der Waals surface area contributed by atoms with Crippen molar-refractivity contribution in [3.63, 3.8) is 0 Å². The van der Waals surface area contributed by atoms with Crippen molar-refractivity contribution < 1.29 is 4.74 Å². The highest BCUT2D eigenvalue weighted by Gasteiger charge is 2.03. The zero-order chi connectivity index (χ0) is 9.52. The summed E-state index contributed by atoms with van der Waals surface area (Å²) in [6.07, 6.45) is 5.49. The minimum Gasteiger partial charge on any atom is -0.385 e. The molecule has 0 aliphatic heterocycles. The lowest BCUT2D eigenvalue weighted by Gasteiger charge is -2.10. The normalized spacial score (nSPS) is 12.8. The number of ether oxygens (including phenoxy) is 1. The van der Waals surface area contributed by atoms with Crippen molar-refractivity contribution in [2.45, 2.75) is 18.9 Å². The molecule has 1 heterocycles. The first-order valence-electron chi connectivity index (χ1n) is 4.49. The van der Waals surface area contributed by atoms with Gasteiger partial charge in [0.25, 0.3) is 0 Å². The second-order valence-electron chi connectivity index (χ2n) is 3.02. The number of aromatic nitrogens is 1. The number of nitrogens with zero attached hydrogens (tertiary/aromatic N) is 1. The maximum Gasteiger partial charge on any atom is 0.0462 e. The lowest BCUT2D eigenvalue weighted by molar-refractivity contribution is 0.190. The van der Waals surface area contributed by atoms with E-state index in [1.54, 1.807) is 19.5 Å². The number of rotatable bonds is 5. The number of hydrogen-bond acceptors (Lipinski definition) is 3. The molecule has 0 spiro atoms. The summed E-state index contributed by atoms with van der Waals surface area (Å²) in [4.78, 5) is 3.94. The molecule has 1 rings (SSSR count). The van der Waals surface area contributed by atoms with Gasteiger partial charge in [0.15, 0.2) is 0 Å². The van der Waals surface area contributed by atoms with Crippen LogP contribution < -0.4 is 5.73 Å². The van der Waals surface area contributed by atoms with E-state index in [9.17, 15) is 0 Å². The average molecular weight is 180 g/mol. The minimum atomic E-state index is 0.109. The molecular formula is C10H16N2O. The Morgan fingerprint density at radius 1 is 1.46 bits per heavy atom. The van der Waals surface area contributed by atoms with E-state index < -0.39 is 0 Å². The van der Waals surface area contributed by atoms with Crippen molar-refractivity contribution in [3.05, 3.63) is 30.1 Å². The van der Waals surface area contributed by atoms with Gasteiger partial charge in [0, 0.05) is 32.2 Å². The fourth-order valence-electron chi connectivity index (χ4n) is 1.22. The SMILES string of the molecule is COCCCC(N)c1ccncc1. The molecule has 1 aromatic heterocycles. The van der Waals surface area contributed by atoms with Gasteiger partial charge in [-0.3, -0.25) is 4.98 Å². The Bertz CT molecular complexity index is 226. The standard InChI is InChI=1S/C10H16N2O/c1-13-8-2-3-10(11)9-4-6-12-7-5-9/h4-7,10H,2-3,8,11H2,1H3. The molecule has 2 N–H and O–H groups in total. The highest BCUT2D eigenvalue weighted by atomic mass is 16.5. The molecule has 0 bridgehead atoms. The molecule has 3 nitrogen and oxygen atoms in total. The topological polar surface area (TPSA) is 48.1 Å². The van der Waals surface area contributed by atoms with Crippen molar-refractivity contribution in [2.24, 2.45) is 5.73 Å². The molecular weight excluding hydrogens is 164 g/mol. The van der Waals surface area contributed by atoms with Crippen molar-refractivity contribution in [1.82, 2.24) is 4.98 Å². The molecule has 0 saturated heterocycles. The number of hydrogen-bond donors (Lipinski definition) is 1. The van der Waals surface area contributed by atoms with Crippen LogP contribution in [-0.2, 0) is 4.74 Å². The van der Waals surface area contributed by atoms with Crippen LogP contribution in [0, 0.1) is 0 Å². The van der Waals surface area contributed by atoms with Crippen LogP contribution in [0.4, 0.5) is 0 Å². The van der Waals surface area contributed by atoms with Crippen molar-refractivity contribution in [1.29, 1.82) is 0 Å². The largest absolute Gasteiger partial charge is 0.385 e. The van der Waals surface area contributed by atoms with Gasteiger partial charge < -0.3 is 10.5 Å². The quantitative estimate of drug-likeness (QED) is 0.699. The van der Waals surface area contributed by atoms with Gasteiger partial charge in [-0.15, -0.1) is 0 Å². The molecule has 0 saturated carbocycles. The molecule has 1 aromatic rings. The zero-order valence-electron chi connectivity index (χ0n) is 7.94. The fourth-order valence-corrected chi connectivity index (χ4v) is 1.22. The van der Waals surface area contributed by atoms with Crippen molar-refractivity contribution in [3.8, 4) is 0 Å². The van der Waals surface area contributed by atoms with Crippen LogP contribution in [0.3, 0.4) is 0 Å². The Labute approximate surface area is 78.9 Å². The Hall–Kier alpha value is -0.930. The maximum absolute atomic E-state index is 5.95. The third kappa shape index (κ3) is 3.53. The first-order valence-corrected chi connectivity index (χ1v) is 4.49. The molecule has 13 heavy (non-hydrogen) atoms. The van der Waals surface area contributed by atoms with E-state index in [0.717, 1.165) is 25.0 Å². The fraction of sp³-hybridized carbons (Fsp3) is 0.500. The monoisotopic (exact) mass is 180 g/mol. The molecule has 0 aromatic carbocycles. The van der Waals surface area contributed by atoms with Crippen molar-refractivity contribution >= 4 is 0 Å². The first-order chi connectivity index (χ1) is 6.34. The molecule has 3 heteroatoms. The van der Waals surface area contributed by atoms with Gasteiger partial charge in [0.1, 0.15) is 0 Å². The zero-order valence-corrected chi connectivity index (χ0v) is 7.94. The molecule has 0 aliphatic carbocycles. The van der Waals surface area contributed by atoms with Crippen LogP contribution in [0.15, 0.2) is 24.5 Å². The summed E-state index contributed by atoms with van der Waals surface area (Å²) in [7, 11) is 1.71. The predicted octanol–water partition coefficient (Wildman–Crippen LogP) is 1.51. The number of nitrogens with two attached hydrogens (primary N) is 1. The third-order valence-corrected chi connectivity index (χ3v) is 2.00. The summed E-state index contributed by atoms with van der Waals surface area (Å²) < 4.78 is 4.96. The molecule has 0 aliphatic rings. The molecule has 0 fully saturated rings. The van der Waals surface area contributed by atoms with Crippen LogP contribution >= 0.6 is 0 Å². The molecule has 1 atom stereocenters. The summed E-state index contributed by atoms with van der Waals surface area (Å²) in [5, 5.41) is 0. The Morgan fingerprint density at radius 2 is 2.15 bits per heavy atom. The summed E-state index contributed by atoms with van der Waals surface area (Å²) in [6.45, 7) is 0.777. The second kappa shape index (κ2) is 5.67. The van der Waals surface area contributed by atoms with Gasteiger partial charge in [-0.25, -0.2) is 0 Å². The smallest absolute Gasteiger partial charge is 0.0462 e. The van der Waals surface area contributed by atoms with Gasteiger partial charge in [-0.1, -0.05) is 0 Å². The predicted molar refractivity (Wildman–Crippen MR) is 52.3 cm³/mol. The Kier molecular flexibility index (Phi) is 4.43. The van der Waals surface area contributed by atoms with Crippen molar-refractivity contribution in [2.75, 3.05) is 13.7 Å². The Morgan fingerprint density at radius 3 is 2.77 bits per heavy atom. The third-order valence-electron chi connectivity index (χ3n) is 2.00. The molecule has 1 unspecified atom stereocenters. The van der Waals surface area contributed by atoms with E-state index in [-0.39, 0.29) is 6.04 Å². The number of methoxy groups -OCH3 is 1. The van der Waals surface area contributed by atoms with Gasteiger partial charge >= 0.3 is 0 Å². The summed E-state index contributed by atoms with van der Waals surface area (Å²) >= 11 is 0. The number of pyridine rings is 1. The highest BCUT2D eigenvalue weighted by Crippen LogP contribution is 2.13. The summed E-state index contributed by atoms with van der Waals surface area (Å²) in [6, 6.07) is 4.02. The van der Waals surface area contributed by atoms with E-state index in [1.165, 1.54) is 0 Å². The molecule has 0 radical (unpaired) electrons. The average Bonchev–Trinajstić information content (AvgIpc) is 2.19. The summed E-state index contributed by atoms with van der Waals surface area (Å²) in [5.41, 5.74) is 7.10. The minimum absolute atomic E-state index is 0.109. The first kappa shape index (κ1) is 10.2. The maximum atomic E-state index is 5.95. The van der Waals surface area contributed by atoms with E-state index in [0.29, 0.717) is 0 Å². The van der Waals surface area contributed by atoms with E-state index >= 15 is 0 Å². The highest BCUT2D eigenvalue weighted by molar-refractivity contribution is 5.13. The Balaban J connectivity index is 2.35. The van der Waals surface area contributed by atoms with Gasteiger partial charge in [0.2, 0.25) is 0 Å². The van der Waals surface area contributed by atoms with Gasteiger partial charge in [0.05, 0.1) is 0 Å². The summed E-state index contributed by atoms with van der Waals surface area (Å²) in [5.74, 6) is 0. The van der Waals surface area contributed by atoms with Crippen LogP contribution in [0.2, 0.25) is 0 Å². The lowest BCUT2D eigenvalue weighted by atomic mass is 10.1. The van der Waals surface area contributed by atoms with E-state index in [1.807, 2.05) is 12.1 Å². The van der Waals surface area contributed by atoms with Crippen LogP contribution in [-0.4, -0.2) is 18.7 Å². The van der Waals surface area contributed by atoms with Gasteiger partial charge in [-0.05, 0) is 30.5 Å². The molecule has 0 amide bonds. The second-order valence-corrected chi connectivity index (χ2v) is 3.02. The van der Waals surface area contributed by atoms with Crippen LogP contribution in [0.25, 0.3) is 0 Å². The van der Waals surface area contributed by atoms with Crippen LogP contribution in [0.5, 0.6) is 0 Å². The molecule has 72 valence electrons. The van der Waals surface area contributed by atoms with E-state index in [4.69, 9.17) is 10.5 Å².